The third kappa shape index (κ3) is 7.07. The largest absolute Gasteiger partial charge is 0.457 e. The van der Waals surface area contributed by atoms with E-state index in [1.165, 1.54) is 6.07 Å². The molecule has 0 amide bonds. The minimum atomic E-state index is -6.98. The van der Waals surface area contributed by atoms with Gasteiger partial charge in [-0.3, -0.25) is 8.97 Å². The second-order valence-electron chi connectivity index (χ2n) is 16.1. The molecule has 0 unspecified atom stereocenters. The number of ether oxygens (including phenoxy) is 1. The molecule has 0 atom stereocenters. The van der Waals surface area contributed by atoms with E-state index in [9.17, 15) is 11.0 Å². The van der Waals surface area contributed by atoms with E-state index >= 15 is 26.3 Å². The smallest absolute Gasteiger partial charge is 0.393 e. The number of alkyl halides is 6. The van der Waals surface area contributed by atoms with Crippen LogP contribution in [0, 0.1) is 10.8 Å². The van der Waals surface area contributed by atoms with Crippen LogP contribution in [0.1, 0.15) is 91.4 Å². The zero-order valence-corrected chi connectivity index (χ0v) is 35.8. The van der Waals surface area contributed by atoms with Crippen molar-refractivity contribution in [2.45, 2.75) is 70.7 Å². The van der Waals surface area contributed by atoms with E-state index in [0.29, 0.717) is 55.7 Å². The molecule has 3 heterocycles. The van der Waals surface area contributed by atoms with Crippen molar-refractivity contribution in [3.8, 4) is 17.2 Å². The van der Waals surface area contributed by atoms with Gasteiger partial charge in [0.15, 0.2) is 8.07 Å². The maximum absolute atomic E-state index is 16.4. The van der Waals surface area contributed by atoms with Crippen LogP contribution >= 0.6 is 0 Å². The molecule has 0 radical (unpaired) electrons. The summed E-state index contributed by atoms with van der Waals surface area (Å²) in [5.41, 5.74) is -16.7. The van der Waals surface area contributed by atoms with Gasteiger partial charge in [-0.1, -0.05) is 161 Å². The van der Waals surface area contributed by atoms with Crippen LogP contribution in [0.25, 0.3) is 33.5 Å². The Morgan fingerprint density at radius 3 is 1.72 bits per heavy atom. The molecule has 1 aliphatic rings. The molecular formula is C56H49F6N3OSi. The van der Waals surface area contributed by atoms with E-state index in [0.717, 1.165) is 29.8 Å². The van der Waals surface area contributed by atoms with E-state index < -0.39 is 112 Å². The number of hydrogen-bond acceptors (Lipinski definition) is 2. The first-order valence-corrected chi connectivity index (χ1v) is 22.7. The van der Waals surface area contributed by atoms with Crippen LogP contribution in [0.4, 0.5) is 26.3 Å². The lowest BCUT2D eigenvalue weighted by molar-refractivity contribution is -0.216. The van der Waals surface area contributed by atoms with Gasteiger partial charge in [0.05, 0.1) is 32.9 Å². The lowest BCUT2D eigenvalue weighted by Crippen LogP contribution is -2.75. The molecule has 7 aromatic carbocycles. The molecule has 0 aliphatic carbocycles. The molecule has 340 valence electrons. The standard InChI is InChI=1S/C56H49F6N3OSi/c1-52(2,55(57,58)59)33-35-54(36-34-53(3,4)56(60,61)62)42-25-11-16-31-48(42)66-50-43(54)26-18-32-49(50)67(39-20-7-5-8-21-39,40-22-9-6-10-23-40)41-24-17-19-38(37-41)64-46-29-14-15-30-47(46)65-45-28-13-12-27-44(45)63-51(64)65/h5-32,37H,33-36H2,1-4H3/i1D3,2D3,3D3,4D3,33D2,34D2,35D2,36D2. The molecular weight excluding hydrogens is 873 g/mol. The molecule has 0 saturated heterocycles. The Morgan fingerprint density at radius 2 is 1.09 bits per heavy atom. The van der Waals surface area contributed by atoms with Gasteiger partial charge in [0.2, 0.25) is 5.78 Å². The molecule has 2 aromatic heterocycles. The van der Waals surface area contributed by atoms with Crippen molar-refractivity contribution < 1.29 is 58.5 Å². The van der Waals surface area contributed by atoms with Crippen LogP contribution in [0.3, 0.4) is 0 Å². The average Bonchev–Trinajstić information content (AvgIpc) is 1.18. The van der Waals surface area contributed by atoms with Crippen molar-refractivity contribution >= 4 is 56.7 Å². The Balaban J connectivity index is 1.45. The van der Waals surface area contributed by atoms with E-state index in [2.05, 4.69) is 0 Å². The number of aromatic nitrogens is 3. The third-order valence-electron chi connectivity index (χ3n) is 12.1. The normalized spacial score (nSPS) is 20.3. The highest BCUT2D eigenvalue weighted by Gasteiger charge is 2.54. The lowest BCUT2D eigenvalue weighted by atomic mass is 9.63. The Morgan fingerprint density at radius 1 is 0.567 bits per heavy atom. The Labute approximate surface area is 414 Å². The highest BCUT2D eigenvalue weighted by atomic mass is 28.3. The summed E-state index contributed by atoms with van der Waals surface area (Å²) in [4.78, 5) is 5.00. The molecule has 0 saturated carbocycles. The Hall–Kier alpha value is -6.59. The number of benzene rings is 7. The summed E-state index contributed by atoms with van der Waals surface area (Å²) in [5.74, 6) is -1.53. The summed E-state index contributed by atoms with van der Waals surface area (Å²) in [6.45, 7) is -21.2. The minimum absolute atomic E-state index is 0.224. The monoisotopic (exact) mass is 941 g/mol. The van der Waals surface area contributed by atoms with Gasteiger partial charge in [-0.2, -0.15) is 26.3 Å². The van der Waals surface area contributed by atoms with Crippen LogP contribution in [0.15, 0.2) is 176 Å². The highest BCUT2D eigenvalue weighted by Crippen LogP contribution is 2.57. The second kappa shape index (κ2) is 16.0. The molecule has 1 aliphatic heterocycles. The third-order valence-corrected chi connectivity index (χ3v) is 16.9. The SMILES string of the molecule is [2H]C([2H])([2H])C(C([2H])([2H])[2H])(C(F)(F)F)C([2H])([2H])C([2H])([2H])C1(C([2H])([2H])C([2H])([2H])C(C([2H])([2H])[2H])(C([2H])([2H])[2H])C(F)(F)F)c2ccccc2Oc2c1cccc2[Si](c1ccccc1)(c1ccccc1)c1cccc(-n2c3ccccc3n3c4ccccc4nc23)c1. The van der Waals surface area contributed by atoms with Crippen molar-refractivity contribution in [1.82, 2.24) is 14.0 Å². The maximum Gasteiger partial charge on any atom is 0.393 e. The molecule has 0 fully saturated rings. The van der Waals surface area contributed by atoms with E-state index in [4.69, 9.17) is 26.2 Å². The van der Waals surface area contributed by atoms with Crippen LogP contribution in [-0.2, 0) is 5.41 Å². The maximum atomic E-state index is 16.4. The zero-order chi connectivity index (χ0) is 64.2. The summed E-state index contributed by atoms with van der Waals surface area (Å²) in [5, 5.41) is 0.840. The summed E-state index contributed by atoms with van der Waals surface area (Å²) < 4.78 is 288. The van der Waals surface area contributed by atoms with Gasteiger partial charge in [-0.05, 0) is 88.7 Å². The first kappa shape index (κ1) is 26.7. The van der Waals surface area contributed by atoms with E-state index in [1.54, 1.807) is 97.1 Å². The van der Waals surface area contributed by atoms with E-state index in [1.807, 2.05) is 45.4 Å². The first-order valence-electron chi connectivity index (χ1n) is 30.7. The van der Waals surface area contributed by atoms with Crippen LogP contribution in [0.5, 0.6) is 11.5 Å². The second-order valence-corrected chi connectivity index (χ2v) is 19.9. The molecule has 0 spiro atoms. The van der Waals surface area contributed by atoms with Crippen molar-refractivity contribution in [2.24, 2.45) is 10.8 Å². The van der Waals surface area contributed by atoms with E-state index in [-0.39, 0.29) is 5.19 Å². The van der Waals surface area contributed by atoms with Crippen LogP contribution in [0.2, 0.25) is 0 Å². The van der Waals surface area contributed by atoms with Crippen molar-refractivity contribution in [1.29, 1.82) is 0 Å². The molecule has 11 heteroatoms. The van der Waals surface area contributed by atoms with Crippen LogP contribution in [-0.4, -0.2) is 34.4 Å². The molecule has 0 bridgehead atoms. The topological polar surface area (TPSA) is 31.5 Å². The van der Waals surface area contributed by atoms with Gasteiger partial charge in [0.1, 0.15) is 11.5 Å². The van der Waals surface area contributed by atoms with Gasteiger partial charge in [-0.25, -0.2) is 4.98 Å². The van der Waals surface area contributed by atoms with Gasteiger partial charge >= 0.3 is 12.4 Å². The zero-order valence-electron chi connectivity index (χ0n) is 54.8. The predicted octanol–water partition coefficient (Wildman–Crippen LogP) is 12.9. The number of halogens is 6. The van der Waals surface area contributed by atoms with Crippen LogP contribution < -0.4 is 25.5 Å². The Kier molecular flexibility index (Phi) is 6.38. The number of fused-ring (bicyclic) bond motifs is 7. The predicted molar refractivity (Wildman–Crippen MR) is 259 cm³/mol. The number of para-hydroxylation sites is 6. The fourth-order valence-electron chi connectivity index (χ4n) is 9.00. The number of nitrogens with zero attached hydrogens (tertiary/aromatic N) is 3. The van der Waals surface area contributed by atoms with Crippen molar-refractivity contribution in [2.75, 3.05) is 0 Å². The van der Waals surface area contributed by atoms with Gasteiger partial charge in [-0.15, -0.1) is 0 Å². The van der Waals surface area contributed by atoms with Gasteiger partial charge in [0, 0.05) is 49.6 Å². The Bertz CT molecular complexity index is 3930. The summed E-state index contributed by atoms with van der Waals surface area (Å²) in [6.07, 6.45) is -36.6. The molecule has 4 nitrogen and oxygen atoms in total. The molecule has 10 rings (SSSR count). The number of hydrogen-bond donors (Lipinski definition) is 0. The lowest BCUT2D eigenvalue weighted by Gasteiger charge is -2.46. The first-order chi connectivity index (χ1) is 40.1. The van der Waals surface area contributed by atoms with Crippen molar-refractivity contribution in [3.05, 3.63) is 187 Å². The summed E-state index contributed by atoms with van der Waals surface area (Å²) in [7, 11) is -4.65. The van der Waals surface area contributed by atoms with Gasteiger partial charge < -0.3 is 4.74 Å². The average molecular weight is 942 g/mol. The van der Waals surface area contributed by atoms with Gasteiger partial charge in [0.25, 0.3) is 0 Å². The summed E-state index contributed by atoms with van der Waals surface area (Å²) in [6, 6.07) is 43.9. The fourth-order valence-corrected chi connectivity index (χ4v) is 13.9. The van der Waals surface area contributed by atoms with Crippen molar-refractivity contribution in [3.63, 3.8) is 0 Å². The molecule has 9 aromatic rings. The molecule has 67 heavy (non-hydrogen) atoms. The highest BCUT2D eigenvalue weighted by molar-refractivity contribution is 7.20. The quantitative estimate of drug-likeness (QED) is 0.0735. The fraction of sp³-hybridized carbons (Fsp3) is 0.232. The number of imidazole rings is 2. The number of rotatable bonds is 11. The minimum Gasteiger partial charge on any atom is -0.457 e. The summed E-state index contributed by atoms with van der Waals surface area (Å²) >= 11 is 0. The molecule has 0 N–H and O–H groups in total.